The van der Waals surface area contributed by atoms with Gasteiger partial charge in [-0.25, -0.2) is 9.07 Å². The number of nitrogens with zero attached hydrogens (tertiary/aromatic N) is 3. The summed E-state index contributed by atoms with van der Waals surface area (Å²) in [6, 6.07) is 4.43. The molecule has 0 saturated carbocycles. The fourth-order valence-electron chi connectivity index (χ4n) is 1.14. The lowest BCUT2D eigenvalue weighted by atomic mass is 10.2. The standard InChI is InChI=1S/C9H8ClFN4/c10-8-1-2-9(11)7(3-8)4-14-15-5-12-13-6-15/h1-3,5-6,14H,4H2. The van der Waals surface area contributed by atoms with Gasteiger partial charge in [0.05, 0.1) is 6.54 Å². The Kier molecular flexibility index (Phi) is 2.82. The molecule has 0 spiro atoms. The van der Waals surface area contributed by atoms with Crippen LogP contribution >= 0.6 is 11.6 Å². The van der Waals surface area contributed by atoms with Crippen LogP contribution in [-0.2, 0) is 6.54 Å². The molecule has 0 fully saturated rings. The van der Waals surface area contributed by atoms with E-state index in [1.807, 2.05) is 0 Å². The molecule has 1 aromatic heterocycles. The number of hydrogen-bond acceptors (Lipinski definition) is 3. The predicted molar refractivity (Wildman–Crippen MR) is 54.5 cm³/mol. The molecule has 4 nitrogen and oxygen atoms in total. The third kappa shape index (κ3) is 2.44. The van der Waals surface area contributed by atoms with Crippen molar-refractivity contribution in [2.24, 2.45) is 0 Å². The average Bonchev–Trinajstić information content (AvgIpc) is 2.72. The Balaban J connectivity index is 2.07. The lowest BCUT2D eigenvalue weighted by molar-refractivity contribution is 0.608. The van der Waals surface area contributed by atoms with Gasteiger partial charge >= 0.3 is 0 Å². The highest BCUT2D eigenvalue weighted by molar-refractivity contribution is 6.30. The minimum absolute atomic E-state index is 0.292. The zero-order chi connectivity index (χ0) is 10.7. The lowest BCUT2D eigenvalue weighted by Gasteiger charge is -2.07. The van der Waals surface area contributed by atoms with Gasteiger partial charge in [0.25, 0.3) is 0 Å². The first-order valence-electron chi connectivity index (χ1n) is 4.28. The molecule has 0 aliphatic heterocycles. The van der Waals surface area contributed by atoms with Crippen LogP contribution in [0.5, 0.6) is 0 Å². The quantitative estimate of drug-likeness (QED) is 0.868. The van der Waals surface area contributed by atoms with Gasteiger partial charge in [-0.15, -0.1) is 10.2 Å². The summed E-state index contributed by atoms with van der Waals surface area (Å²) in [5.74, 6) is -0.292. The SMILES string of the molecule is Fc1ccc(Cl)cc1CNn1cnnc1. The van der Waals surface area contributed by atoms with E-state index in [1.54, 1.807) is 10.7 Å². The van der Waals surface area contributed by atoms with Gasteiger partial charge in [-0.1, -0.05) is 11.6 Å². The van der Waals surface area contributed by atoms with Crippen LogP contribution in [0.25, 0.3) is 0 Å². The second-order valence-corrected chi connectivity index (χ2v) is 3.38. The molecule has 6 heteroatoms. The summed E-state index contributed by atoms with van der Waals surface area (Å²) >= 11 is 5.75. The summed E-state index contributed by atoms with van der Waals surface area (Å²) < 4.78 is 14.8. The van der Waals surface area contributed by atoms with Crippen molar-refractivity contribution in [1.82, 2.24) is 14.9 Å². The predicted octanol–water partition coefficient (Wildman–Crippen LogP) is 1.81. The van der Waals surface area contributed by atoms with Crippen LogP contribution in [0.4, 0.5) is 4.39 Å². The zero-order valence-corrected chi connectivity index (χ0v) is 8.45. The molecule has 0 aliphatic carbocycles. The fourth-order valence-corrected chi connectivity index (χ4v) is 1.33. The minimum Gasteiger partial charge on any atom is -0.319 e. The summed E-state index contributed by atoms with van der Waals surface area (Å²) in [6.07, 6.45) is 2.98. The van der Waals surface area contributed by atoms with Crippen LogP contribution in [0.2, 0.25) is 5.02 Å². The molecule has 0 bridgehead atoms. The average molecular weight is 227 g/mol. The van der Waals surface area contributed by atoms with E-state index in [1.165, 1.54) is 24.8 Å². The maximum Gasteiger partial charge on any atom is 0.138 e. The third-order valence-corrected chi connectivity index (χ3v) is 2.11. The fraction of sp³-hybridized carbons (Fsp3) is 0.111. The number of rotatable bonds is 3. The molecule has 0 saturated heterocycles. The van der Waals surface area contributed by atoms with E-state index in [2.05, 4.69) is 15.6 Å². The molecule has 2 rings (SSSR count). The number of halogens is 2. The van der Waals surface area contributed by atoms with Crippen LogP contribution in [0, 0.1) is 5.82 Å². The Morgan fingerprint density at radius 1 is 1.33 bits per heavy atom. The highest BCUT2D eigenvalue weighted by Crippen LogP contribution is 2.14. The van der Waals surface area contributed by atoms with E-state index >= 15 is 0 Å². The van der Waals surface area contributed by atoms with Crippen molar-refractivity contribution < 1.29 is 4.39 Å². The molecule has 78 valence electrons. The molecule has 0 unspecified atom stereocenters. The second kappa shape index (κ2) is 4.27. The highest BCUT2D eigenvalue weighted by atomic mass is 35.5. The molecule has 15 heavy (non-hydrogen) atoms. The van der Waals surface area contributed by atoms with Gasteiger partial charge in [-0.2, -0.15) is 0 Å². The van der Waals surface area contributed by atoms with Gasteiger partial charge in [0.2, 0.25) is 0 Å². The molecular formula is C9H8ClFN4. The Morgan fingerprint density at radius 2 is 2.07 bits per heavy atom. The van der Waals surface area contributed by atoms with Gasteiger partial charge in [-0.3, -0.25) is 0 Å². The maximum atomic E-state index is 13.3. The normalized spacial score (nSPS) is 10.3. The molecule has 0 amide bonds. The molecule has 1 heterocycles. The zero-order valence-electron chi connectivity index (χ0n) is 7.69. The third-order valence-electron chi connectivity index (χ3n) is 1.88. The Morgan fingerprint density at radius 3 is 2.80 bits per heavy atom. The smallest absolute Gasteiger partial charge is 0.138 e. The maximum absolute atomic E-state index is 13.3. The van der Waals surface area contributed by atoms with E-state index in [0.29, 0.717) is 17.1 Å². The highest BCUT2D eigenvalue weighted by Gasteiger charge is 2.02. The van der Waals surface area contributed by atoms with E-state index in [0.717, 1.165) is 0 Å². The molecule has 0 atom stereocenters. The Bertz CT molecular complexity index is 443. The van der Waals surface area contributed by atoms with Gasteiger partial charge in [0, 0.05) is 10.6 Å². The largest absolute Gasteiger partial charge is 0.319 e. The van der Waals surface area contributed by atoms with Gasteiger partial charge in [0.1, 0.15) is 18.5 Å². The van der Waals surface area contributed by atoms with Crippen molar-refractivity contribution in [2.75, 3.05) is 5.43 Å². The van der Waals surface area contributed by atoms with Crippen molar-refractivity contribution in [1.29, 1.82) is 0 Å². The van der Waals surface area contributed by atoms with Crippen LogP contribution in [-0.4, -0.2) is 14.9 Å². The number of benzene rings is 1. The first kappa shape index (κ1) is 9.92. The van der Waals surface area contributed by atoms with E-state index in [-0.39, 0.29) is 5.82 Å². The molecule has 0 radical (unpaired) electrons. The number of aromatic nitrogens is 3. The van der Waals surface area contributed by atoms with Gasteiger partial charge in [0.15, 0.2) is 0 Å². The number of hydrogen-bond donors (Lipinski definition) is 1. The molecule has 0 aliphatic rings. The summed E-state index contributed by atoms with van der Waals surface area (Å²) in [7, 11) is 0. The summed E-state index contributed by atoms with van der Waals surface area (Å²) in [6.45, 7) is 0.324. The summed E-state index contributed by atoms with van der Waals surface area (Å²) in [5.41, 5.74) is 3.40. The molecule has 1 N–H and O–H groups in total. The van der Waals surface area contributed by atoms with Crippen molar-refractivity contribution >= 4 is 11.6 Å². The van der Waals surface area contributed by atoms with Crippen LogP contribution in [0.1, 0.15) is 5.56 Å². The lowest BCUT2D eigenvalue weighted by Crippen LogP contribution is -2.13. The van der Waals surface area contributed by atoms with Crippen molar-refractivity contribution in [3.63, 3.8) is 0 Å². The minimum atomic E-state index is -0.292. The first-order valence-corrected chi connectivity index (χ1v) is 4.66. The molecule has 1 aromatic carbocycles. The van der Waals surface area contributed by atoms with E-state index in [9.17, 15) is 4.39 Å². The second-order valence-electron chi connectivity index (χ2n) is 2.94. The monoisotopic (exact) mass is 226 g/mol. The van der Waals surface area contributed by atoms with E-state index in [4.69, 9.17) is 11.6 Å². The summed E-state index contributed by atoms with van der Waals surface area (Å²) in [4.78, 5) is 0. The molecule has 2 aromatic rings. The Hall–Kier alpha value is -1.62. The first-order chi connectivity index (χ1) is 7.25. The van der Waals surface area contributed by atoms with Crippen molar-refractivity contribution in [3.8, 4) is 0 Å². The van der Waals surface area contributed by atoms with Crippen molar-refractivity contribution in [3.05, 3.63) is 47.3 Å². The van der Waals surface area contributed by atoms with Gasteiger partial charge in [-0.05, 0) is 18.2 Å². The van der Waals surface area contributed by atoms with Crippen LogP contribution in [0.15, 0.2) is 30.9 Å². The number of nitrogens with one attached hydrogen (secondary N) is 1. The van der Waals surface area contributed by atoms with Gasteiger partial charge < -0.3 is 5.43 Å². The van der Waals surface area contributed by atoms with E-state index < -0.39 is 0 Å². The summed E-state index contributed by atoms with van der Waals surface area (Å²) in [5, 5.41) is 7.72. The van der Waals surface area contributed by atoms with Crippen LogP contribution in [0.3, 0.4) is 0 Å². The van der Waals surface area contributed by atoms with Crippen molar-refractivity contribution in [2.45, 2.75) is 6.54 Å². The Labute approximate surface area is 90.7 Å². The van der Waals surface area contributed by atoms with Crippen LogP contribution < -0.4 is 5.43 Å². The topological polar surface area (TPSA) is 42.7 Å². The molecular weight excluding hydrogens is 219 g/mol.